The molecule has 1 aromatic carbocycles. The van der Waals surface area contributed by atoms with Crippen LogP contribution in [0.25, 0.3) is 0 Å². The standard InChI is InChI=1S/C31H44N4O8S/c1-21(32-27(36)19-35-13-15-42-16-14-35)29(38)34-26(18-23-9-11-24(12-10-23)44(3,40)41)30(39)33-25(28(37)31(2)20-43-31)17-22-7-5-4-6-8-22/h7,9-12,21,25-26H,4-6,8,13-20H2,1-3H3,(H,32,36)(H,33,39)(H,34,38)/t21-,25-,26-,31-/m0/s1. The van der Waals surface area contributed by atoms with E-state index < -0.39 is 45.4 Å². The van der Waals surface area contributed by atoms with Crippen LogP contribution in [0.1, 0.15) is 51.5 Å². The molecule has 3 aliphatic rings. The molecule has 242 valence electrons. The molecule has 1 aliphatic carbocycles. The molecule has 0 aromatic heterocycles. The number of allylic oxidation sites excluding steroid dienone is 1. The summed E-state index contributed by atoms with van der Waals surface area (Å²) in [7, 11) is -3.42. The summed E-state index contributed by atoms with van der Waals surface area (Å²) in [6, 6.07) is 3.20. The predicted octanol–water partition coefficient (Wildman–Crippen LogP) is 0.688. The highest BCUT2D eigenvalue weighted by Crippen LogP contribution is 2.31. The molecule has 44 heavy (non-hydrogen) atoms. The zero-order chi connectivity index (χ0) is 31.9. The number of morpholine rings is 1. The Bertz CT molecular complexity index is 1350. The lowest BCUT2D eigenvalue weighted by Crippen LogP contribution is -2.57. The lowest BCUT2D eigenvalue weighted by molar-refractivity contribution is -0.134. The van der Waals surface area contributed by atoms with Crippen LogP contribution in [0.3, 0.4) is 0 Å². The predicted molar refractivity (Wildman–Crippen MR) is 163 cm³/mol. The Morgan fingerprint density at radius 3 is 2.20 bits per heavy atom. The molecular weight excluding hydrogens is 588 g/mol. The summed E-state index contributed by atoms with van der Waals surface area (Å²) >= 11 is 0. The number of ether oxygens (including phenoxy) is 2. The monoisotopic (exact) mass is 632 g/mol. The Hall–Kier alpha value is -3.13. The highest BCUT2D eigenvalue weighted by atomic mass is 32.2. The average molecular weight is 633 g/mol. The third-order valence-electron chi connectivity index (χ3n) is 8.25. The first-order chi connectivity index (χ1) is 20.8. The van der Waals surface area contributed by atoms with Crippen LogP contribution in [0.5, 0.6) is 0 Å². The van der Waals surface area contributed by atoms with E-state index >= 15 is 0 Å². The van der Waals surface area contributed by atoms with E-state index in [9.17, 15) is 27.6 Å². The van der Waals surface area contributed by atoms with Gasteiger partial charge in [0.25, 0.3) is 0 Å². The number of carbonyl (C=O) groups is 4. The fourth-order valence-corrected chi connectivity index (χ4v) is 6.01. The molecule has 13 heteroatoms. The van der Waals surface area contributed by atoms with E-state index in [-0.39, 0.29) is 36.2 Å². The number of carbonyl (C=O) groups excluding carboxylic acids is 4. The van der Waals surface area contributed by atoms with Crippen LogP contribution in [-0.4, -0.2) is 106 Å². The van der Waals surface area contributed by atoms with Gasteiger partial charge in [0, 0.05) is 25.8 Å². The number of nitrogens with one attached hydrogen (secondary N) is 3. The molecule has 0 radical (unpaired) electrons. The van der Waals surface area contributed by atoms with E-state index in [2.05, 4.69) is 22.0 Å². The second-order valence-corrected chi connectivity index (χ2v) is 14.1. The van der Waals surface area contributed by atoms with Crippen molar-refractivity contribution in [2.24, 2.45) is 0 Å². The van der Waals surface area contributed by atoms with Crippen molar-refractivity contribution in [1.29, 1.82) is 0 Å². The molecule has 12 nitrogen and oxygen atoms in total. The molecule has 0 spiro atoms. The van der Waals surface area contributed by atoms with Crippen molar-refractivity contribution in [2.75, 3.05) is 45.7 Å². The van der Waals surface area contributed by atoms with E-state index in [1.165, 1.54) is 19.1 Å². The van der Waals surface area contributed by atoms with E-state index in [4.69, 9.17) is 9.47 Å². The lowest BCUT2D eigenvalue weighted by Gasteiger charge is -2.27. The average Bonchev–Trinajstić information content (AvgIpc) is 3.75. The Morgan fingerprint density at radius 2 is 1.61 bits per heavy atom. The first-order valence-corrected chi connectivity index (χ1v) is 17.1. The van der Waals surface area contributed by atoms with Crippen molar-refractivity contribution in [3.8, 4) is 0 Å². The van der Waals surface area contributed by atoms with Crippen LogP contribution in [-0.2, 0) is 44.9 Å². The Balaban J connectivity index is 1.48. The Kier molecular flexibility index (Phi) is 11.3. The molecule has 0 bridgehead atoms. The van der Waals surface area contributed by atoms with Gasteiger partial charge in [0.2, 0.25) is 17.7 Å². The number of rotatable bonds is 14. The lowest BCUT2D eigenvalue weighted by atomic mass is 9.89. The van der Waals surface area contributed by atoms with E-state index in [0.717, 1.165) is 37.5 Å². The van der Waals surface area contributed by atoms with Gasteiger partial charge in [0.15, 0.2) is 15.6 Å². The van der Waals surface area contributed by atoms with Gasteiger partial charge in [-0.2, -0.15) is 0 Å². The van der Waals surface area contributed by atoms with Gasteiger partial charge < -0.3 is 25.4 Å². The van der Waals surface area contributed by atoms with Gasteiger partial charge in [-0.3, -0.25) is 24.1 Å². The second-order valence-electron chi connectivity index (χ2n) is 12.1. The Morgan fingerprint density at radius 1 is 0.955 bits per heavy atom. The van der Waals surface area contributed by atoms with Crippen LogP contribution >= 0.6 is 0 Å². The van der Waals surface area contributed by atoms with E-state index in [1.54, 1.807) is 19.1 Å². The van der Waals surface area contributed by atoms with Crippen molar-refractivity contribution < 1.29 is 37.1 Å². The minimum atomic E-state index is -3.42. The van der Waals surface area contributed by atoms with Gasteiger partial charge in [-0.1, -0.05) is 23.8 Å². The molecule has 2 aliphatic heterocycles. The SMILES string of the molecule is C[C@H](NC(=O)CN1CCOCC1)C(=O)N[C@@H](Cc1ccc(S(C)(=O)=O)cc1)C(=O)N[C@@H](CC1=CCCCC1)C(=O)[C@]1(C)CO1. The molecule has 0 saturated carbocycles. The number of sulfone groups is 1. The summed E-state index contributed by atoms with van der Waals surface area (Å²) in [5.74, 6) is -1.67. The zero-order valence-corrected chi connectivity index (χ0v) is 26.5. The van der Waals surface area contributed by atoms with Gasteiger partial charge >= 0.3 is 0 Å². The second kappa shape index (κ2) is 14.8. The molecule has 0 unspecified atom stereocenters. The third kappa shape index (κ3) is 9.68. The summed E-state index contributed by atoms with van der Waals surface area (Å²) in [6.07, 6.45) is 7.51. The largest absolute Gasteiger partial charge is 0.379 e. The fraction of sp³-hybridized carbons (Fsp3) is 0.613. The van der Waals surface area contributed by atoms with Crippen molar-refractivity contribution >= 4 is 33.3 Å². The van der Waals surface area contributed by atoms with Gasteiger partial charge in [-0.15, -0.1) is 0 Å². The van der Waals surface area contributed by atoms with Gasteiger partial charge in [-0.25, -0.2) is 8.42 Å². The molecule has 4 rings (SSSR count). The van der Waals surface area contributed by atoms with E-state index in [1.807, 2.05) is 4.90 Å². The highest BCUT2D eigenvalue weighted by molar-refractivity contribution is 7.90. The summed E-state index contributed by atoms with van der Waals surface area (Å²) in [5.41, 5.74) is 0.761. The fourth-order valence-electron chi connectivity index (χ4n) is 5.38. The maximum atomic E-state index is 13.8. The van der Waals surface area contributed by atoms with Crippen LogP contribution in [0, 0.1) is 0 Å². The maximum Gasteiger partial charge on any atom is 0.243 e. The summed E-state index contributed by atoms with van der Waals surface area (Å²) in [4.78, 5) is 55.1. The molecule has 3 N–H and O–H groups in total. The molecule has 2 fully saturated rings. The zero-order valence-electron chi connectivity index (χ0n) is 25.7. The van der Waals surface area contributed by atoms with Gasteiger partial charge in [0.1, 0.15) is 17.7 Å². The minimum absolute atomic E-state index is 0.0352. The number of Topliss-reactive ketones (excluding diaryl/α,β-unsaturated/α-hetero) is 1. The van der Waals surface area contributed by atoms with Crippen molar-refractivity contribution in [2.45, 2.75) is 81.0 Å². The van der Waals surface area contributed by atoms with Gasteiger partial charge in [-0.05, 0) is 63.6 Å². The Labute approximate surface area is 259 Å². The quantitative estimate of drug-likeness (QED) is 0.198. The number of benzene rings is 1. The molecule has 2 heterocycles. The first kappa shape index (κ1) is 33.8. The number of hydrogen-bond acceptors (Lipinski definition) is 9. The van der Waals surface area contributed by atoms with Crippen molar-refractivity contribution in [3.05, 3.63) is 41.5 Å². The summed E-state index contributed by atoms with van der Waals surface area (Å²) < 4.78 is 34.6. The van der Waals surface area contributed by atoms with Crippen LogP contribution in [0.4, 0.5) is 0 Å². The highest BCUT2D eigenvalue weighted by Gasteiger charge is 2.50. The third-order valence-corrected chi connectivity index (χ3v) is 9.38. The summed E-state index contributed by atoms with van der Waals surface area (Å²) in [6.45, 7) is 5.96. The van der Waals surface area contributed by atoms with Crippen LogP contribution < -0.4 is 16.0 Å². The van der Waals surface area contributed by atoms with E-state index in [0.29, 0.717) is 38.3 Å². The number of nitrogens with zero attached hydrogens (tertiary/aromatic N) is 1. The van der Waals surface area contributed by atoms with Crippen LogP contribution in [0.2, 0.25) is 0 Å². The topological polar surface area (TPSA) is 164 Å². The smallest absolute Gasteiger partial charge is 0.243 e. The molecule has 2 saturated heterocycles. The number of epoxide rings is 1. The molecule has 4 atom stereocenters. The van der Waals surface area contributed by atoms with Crippen molar-refractivity contribution in [3.63, 3.8) is 0 Å². The van der Waals surface area contributed by atoms with Crippen LogP contribution in [0.15, 0.2) is 40.8 Å². The number of amides is 3. The maximum absolute atomic E-state index is 13.8. The van der Waals surface area contributed by atoms with Crippen molar-refractivity contribution in [1.82, 2.24) is 20.9 Å². The molecule has 1 aromatic rings. The summed E-state index contributed by atoms with van der Waals surface area (Å²) in [5, 5.41) is 8.32. The number of ketones is 1. The number of hydrogen-bond donors (Lipinski definition) is 3. The first-order valence-electron chi connectivity index (χ1n) is 15.2. The normalized spacial score (nSPS) is 22.6. The molecule has 3 amide bonds. The minimum Gasteiger partial charge on any atom is -0.379 e. The van der Waals surface area contributed by atoms with Gasteiger partial charge in [0.05, 0.1) is 37.3 Å². The molecular formula is C31H44N4O8S.